The van der Waals surface area contributed by atoms with Crippen LogP contribution in [0.3, 0.4) is 0 Å². The summed E-state index contributed by atoms with van der Waals surface area (Å²) in [7, 11) is 1.90. The van der Waals surface area contributed by atoms with Gasteiger partial charge in [0.25, 0.3) is 0 Å². The van der Waals surface area contributed by atoms with Gasteiger partial charge < -0.3 is 10.3 Å². The highest BCUT2D eigenvalue weighted by atomic mass is 32.2. The maximum Gasteiger partial charge on any atom is 0.230 e. The van der Waals surface area contributed by atoms with Crippen LogP contribution >= 0.6 is 11.8 Å². The Bertz CT molecular complexity index is 567. The maximum atomic E-state index is 11.1. The molecule has 19 heavy (non-hydrogen) atoms. The van der Waals surface area contributed by atoms with Crippen LogP contribution in [-0.2, 0) is 18.3 Å². The molecule has 6 heteroatoms. The second-order valence-corrected chi connectivity index (χ2v) is 5.59. The van der Waals surface area contributed by atoms with E-state index >= 15 is 0 Å². The number of rotatable bonds is 5. The number of primary amides is 1. The van der Waals surface area contributed by atoms with E-state index in [2.05, 4.69) is 10.2 Å². The van der Waals surface area contributed by atoms with E-state index in [0.29, 0.717) is 5.16 Å². The lowest BCUT2D eigenvalue weighted by Gasteiger charge is -2.07. The van der Waals surface area contributed by atoms with Crippen molar-refractivity contribution in [2.75, 3.05) is 0 Å². The van der Waals surface area contributed by atoms with Crippen molar-refractivity contribution in [1.29, 1.82) is 0 Å². The Morgan fingerprint density at radius 1 is 1.37 bits per heavy atom. The molecular weight excluding hydrogens is 260 g/mol. The average molecular weight is 276 g/mol. The van der Waals surface area contributed by atoms with E-state index in [4.69, 9.17) is 5.73 Å². The van der Waals surface area contributed by atoms with Crippen molar-refractivity contribution >= 4 is 17.7 Å². The number of hydrogen-bond acceptors (Lipinski definition) is 4. The van der Waals surface area contributed by atoms with Crippen molar-refractivity contribution in [3.05, 3.63) is 41.7 Å². The van der Waals surface area contributed by atoms with Gasteiger partial charge in [0.1, 0.15) is 5.82 Å². The van der Waals surface area contributed by atoms with Crippen molar-refractivity contribution in [2.24, 2.45) is 12.8 Å². The molecule has 0 saturated carbocycles. The van der Waals surface area contributed by atoms with Gasteiger partial charge in [0.2, 0.25) is 5.91 Å². The molecule has 2 aromatic rings. The molecule has 0 bridgehead atoms. The number of aromatic nitrogens is 3. The fourth-order valence-electron chi connectivity index (χ4n) is 1.60. The summed E-state index contributed by atoms with van der Waals surface area (Å²) < 4.78 is 1.90. The van der Waals surface area contributed by atoms with Gasteiger partial charge in [0, 0.05) is 13.5 Å². The third-order valence-electron chi connectivity index (χ3n) is 2.81. The van der Waals surface area contributed by atoms with Crippen molar-refractivity contribution in [3.63, 3.8) is 0 Å². The smallest absolute Gasteiger partial charge is 0.230 e. The normalized spacial score (nSPS) is 12.3. The van der Waals surface area contributed by atoms with Gasteiger partial charge in [-0.3, -0.25) is 4.79 Å². The quantitative estimate of drug-likeness (QED) is 0.837. The summed E-state index contributed by atoms with van der Waals surface area (Å²) in [4.78, 5) is 11.1. The molecule has 1 atom stereocenters. The lowest BCUT2D eigenvalue weighted by Crippen LogP contribution is -2.23. The molecule has 1 heterocycles. The fourth-order valence-corrected chi connectivity index (χ4v) is 2.38. The third kappa shape index (κ3) is 3.35. The number of carbonyl (C=O) groups is 1. The number of hydrogen-bond donors (Lipinski definition) is 1. The summed E-state index contributed by atoms with van der Waals surface area (Å²) in [5, 5.41) is 8.66. The van der Waals surface area contributed by atoms with Gasteiger partial charge in [-0.1, -0.05) is 42.1 Å². The van der Waals surface area contributed by atoms with Crippen LogP contribution in [0.1, 0.15) is 18.3 Å². The van der Waals surface area contributed by atoms with Crippen molar-refractivity contribution in [1.82, 2.24) is 14.8 Å². The predicted octanol–water partition coefficient (Wildman–Crippen LogP) is 1.37. The van der Waals surface area contributed by atoms with Gasteiger partial charge in [0.05, 0.1) is 5.25 Å². The first-order valence-electron chi connectivity index (χ1n) is 5.96. The Labute approximate surface area is 116 Å². The summed E-state index contributed by atoms with van der Waals surface area (Å²) in [6.45, 7) is 1.76. The molecule has 1 amide bonds. The number of benzene rings is 1. The molecule has 0 aliphatic heterocycles. The zero-order chi connectivity index (χ0) is 13.8. The monoisotopic (exact) mass is 276 g/mol. The van der Waals surface area contributed by atoms with Crippen LogP contribution in [0.2, 0.25) is 0 Å². The molecule has 0 fully saturated rings. The maximum absolute atomic E-state index is 11.1. The summed E-state index contributed by atoms with van der Waals surface area (Å²) in [6, 6.07) is 10.1. The zero-order valence-corrected chi connectivity index (χ0v) is 11.7. The van der Waals surface area contributed by atoms with Crippen LogP contribution in [0.4, 0.5) is 0 Å². The molecule has 100 valence electrons. The zero-order valence-electron chi connectivity index (χ0n) is 10.9. The van der Waals surface area contributed by atoms with E-state index in [0.717, 1.165) is 12.2 Å². The van der Waals surface area contributed by atoms with Crippen molar-refractivity contribution in [3.8, 4) is 0 Å². The molecule has 0 spiro atoms. The minimum Gasteiger partial charge on any atom is -0.369 e. The first-order chi connectivity index (χ1) is 9.08. The van der Waals surface area contributed by atoms with E-state index < -0.39 is 0 Å². The summed E-state index contributed by atoms with van der Waals surface area (Å²) >= 11 is 1.32. The highest BCUT2D eigenvalue weighted by Gasteiger charge is 2.16. The van der Waals surface area contributed by atoms with Crippen LogP contribution in [0, 0.1) is 0 Å². The number of carbonyl (C=O) groups excluding carboxylic acids is 1. The second kappa shape index (κ2) is 5.88. The third-order valence-corrected chi connectivity index (χ3v) is 3.97. The van der Waals surface area contributed by atoms with Gasteiger partial charge in [-0.05, 0) is 12.5 Å². The molecule has 2 N–H and O–H groups in total. The molecule has 1 aromatic heterocycles. The Balaban J connectivity index is 2.12. The molecule has 0 saturated heterocycles. The van der Waals surface area contributed by atoms with E-state index in [1.54, 1.807) is 6.92 Å². The lowest BCUT2D eigenvalue weighted by molar-refractivity contribution is -0.117. The van der Waals surface area contributed by atoms with Gasteiger partial charge in [0.15, 0.2) is 5.16 Å². The van der Waals surface area contributed by atoms with E-state index in [1.165, 1.54) is 17.3 Å². The minimum absolute atomic E-state index is 0.313. The Morgan fingerprint density at radius 2 is 2.05 bits per heavy atom. The van der Waals surface area contributed by atoms with Gasteiger partial charge in [-0.15, -0.1) is 10.2 Å². The Hall–Kier alpha value is -1.82. The first-order valence-corrected chi connectivity index (χ1v) is 6.84. The van der Waals surface area contributed by atoms with Crippen LogP contribution in [-0.4, -0.2) is 25.9 Å². The topological polar surface area (TPSA) is 73.8 Å². The van der Waals surface area contributed by atoms with Crippen LogP contribution in [0.25, 0.3) is 0 Å². The number of nitrogens with two attached hydrogens (primary N) is 1. The van der Waals surface area contributed by atoms with E-state index in [1.807, 2.05) is 41.9 Å². The summed E-state index contributed by atoms with van der Waals surface area (Å²) in [5.74, 6) is 0.517. The van der Waals surface area contributed by atoms with Crippen molar-refractivity contribution < 1.29 is 4.79 Å². The fraction of sp³-hybridized carbons (Fsp3) is 0.308. The minimum atomic E-state index is -0.349. The predicted molar refractivity (Wildman–Crippen MR) is 74.8 cm³/mol. The number of thioether (sulfide) groups is 1. The Morgan fingerprint density at radius 3 is 2.68 bits per heavy atom. The second-order valence-electron chi connectivity index (χ2n) is 4.28. The van der Waals surface area contributed by atoms with Crippen LogP contribution in [0.15, 0.2) is 35.5 Å². The number of nitrogens with zero attached hydrogens (tertiary/aromatic N) is 3. The molecule has 5 nitrogen and oxygen atoms in total. The van der Waals surface area contributed by atoms with E-state index in [-0.39, 0.29) is 11.2 Å². The highest BCUT2D eigenvalue weighted by molar-refractivity contribution is 8.00. The number of amides is 1. The summed E-state index contributed by atoms with van der Waals surface area (Å²) in [5.41, 5.74) is 6.43. The highest BCUT2D eigenvalue weighted by Crippen LogP contribution is 2.21. The van der Waals surface area contributed by atoms with Crippen LogP contribution < -0.4 is 5.73 Å². The molecule has 0 radical (unpaired) electrons. The molecule has 0 aliphatic carbocycles. The van der Waals surface area contributed by atoms with Gasteiger partial charge >= 0.3 is 0 Å². The van der Waals surface area contributed by atoms with Crippen LogP contribution in [0.5, 0.6) is 0 Å². The molecule has 2 rings (SSSR count). The van der Waals surface area contributed by atoms with Crippen molar-refractivity contribution in [2.45, 2.75) is 23.8 Å². The Kier molecular flexibility index (Phi) is 4.21. The SMILES string of the molecule is C[C@@H](Sc1nnc(Cc2ccccc2)n1C)C(N)=O. The van der Waals surface area contributed by atoms with Gasteiger partial charge in [-0.2, -0.15) is 0 Å². The van der Waals surface area contributed by atoms with Gasteiger partial charge in [-0.25, -0.2) is 0 Å². The first kappa shape index (κ1) is 13.6. The summed E-state index contributed by atoms with van der Waals surface area (Å²) in [6.07, 6.45) is 0.718. The molecule has 0 unspecified atom stereocenters. The standard InChI is InChI=1S/C13H16N4OS/c1-9(12(14)18)19-13-16-15-11(17(13)2)8-10-6-4-3-5-7-10/h3-7,9H,8H2,1-2H3,(H2,14,18)/t9-/m1/s1. The van der Waals surface area contributed by atoms with E-state index in [9.17, 15) is 4.79 Å². The lowest BCUT2D eigenvalue weighted by atomic mass is 10.1. The largest absolute Gasteiger partial charge is 0.369 e. The molecule has 1 aromatic carbocycles. The molecular formula is C13H16N4OS. The molecule has 0 aliphatic rings. The average Bonchev–Trinajstić information content (AvgIpc) is 2.73.